The van der Waals surface area contributed by atoms with Gasteiger partial charge in [-0.3, -0.25) is 19.3 Å². The van der Waals surface area contributed by atoms with Gasteiger partial charge in [-0.25, -0.2) is 0 Å². The van der Waals surface area contributed by atoms with Crippen LogP contribution in [-0.2, 0) is 19.1 Å². The van der Waals surface area contributed by atoms with Gasteiger partial charge in [-0.1, -0.05) is 12.1 Å². The number of benzene rings is 1. The molecule has 1 aromatic carbocycles. The molecule has 1 aliphatic heterocycles. The van der Waals surface area contributed by atoms with Crippen LogP contribution in [0.1, 0.15) is 20.8 Å². The van der Waals surface area contributed by atoms with Crippen LogP contribution in [-0.4, -0.2) is 42.2 Å². The predicted octanol–water partition coefficient (Wildman–Crippen LogP) is 1.58. The van der Waals surface area contributed by atoms with Crippen LogP contribution in [0.2, 0.25) is 0 Å². The second kappa shape index (κ2) is 7.04. The van der Waals surface area contributed by atoms with Gasteiger partial charge in [-0.05, 0) is 32.9 Å². The smallest absolute Gasteiger partial charge is 0.326 e. The number of anilines is 1. The lowest BCUT2D eigenvalue weighted by Gasteiger charge is -2.28. The van der Waals surface area contributed by atoms with Crippen LogP contribution >= 0.6 is 11.8 Å². The Bertz CT molecular complexity index is 625. The normalized spacial score (nSPS) is 14.2. The molecular formula is C16H20N2O4S. The maximum atomic E-state index is 12.0. The Morgan fingerprint density at radius 3 is 2.70 bits per heavy atom. The lowest BCUT2D eigenvalue weighted by atomic mass is 10.1. The molecule has 6 nitrogen and oxygen atoms in total. The van der Waals surface area contributed by atoms with E-state index in [1.165, 1.54) is 16.7 Å². The Morgan fingerprint density at radius 1 is 1.30 bits per heavy atom. The quantitative estimate of drug-likeness (QED) is 0.845. The average molecular weight is 336 g/mol. The molecule has 1 aliphatic rings. The molecule has 0 saturated carbocycles. The van der Waals surface area contributed by atoms with Gasteiger partial charge in [0.1, 0.15) is 6.54 Å². The van der Waals surface area contributed by atoms with E-state index in [1.54, 1.807) is 6.07 Å². The number of fused-ring (bicyclic) bond motifs is 1. The van der Waals surface area contributed by atoms with E-state index in [2.05, 4.69) is 5.32 Å². The van der Waals surface area contributed by atoms with Crippen molar-refractivity contribution >= 4 is 35.2 Å². The van der Waals surface area contributed by atoms with E-state index in [9.17, 15) is 14.4 Å². The first-order valence-electron chi connectivity index (χ1n) is 7.25. The summed E-state index contributed by atoms with van der Waals surface area (Å²) in [5.41, 5.74) is 0.313. The van der Waals surface area contributed by atoms with E-state index in [4.69, 9.17) is 4.74 Å². The number of esters is 1. The summed E-state index contributed by atoms with van der Waals surface area (Å²) in [7, 11) is 0. The molecule has 0 aliphatic carbocycles. The first-order valence-corrected chi connectivity index (χ1v) is 8.24. The molecule has 0 spiro atoms. The molecular weight excluding hydrogens is 316 g/mol. The molecule has 0 unspecified atom stereocenters. The number of hydrogen-bond acceptors (Lipinski definition) is 5. The summed E-state index contributed by atoms with van der Waals surface area (Å²) in [6.07, 6.45) is 0. The van der Waals surface area contributed by atoms with Gasteiger partial charge in [0.05, 0.1) is 11.4 Å². The fourth-order valence-corrected chi connectivity index (χ4v) is 3.04. The predicted molar refractivity (Wildman–Crippen MR) is 88.4 cm³/mol. The Balaban J connectivity index is 1.93. The second-order valence-electron chi connectivity index (χ2n) is 6.20. The lowest BCUT2D eigenvalue weighted by Crippen LogP contribution is -2.44. The van der Waals surface area contributed by atoms with Crippen molar-refractivity contribution < 1.29 is 19.1 Å². The molecule has 0 atom stereocenters. The first-order chi connectivity index (χ1) is 10.8. The van der Waals surface area contributed by atoms with Crippen molar-refractivity contribution in [1.29, 1.82) is 0 Å². The molecule has 124 valence electrons. The zero-order valence-corrected chi connectivity index (χ0v) is 14.2. The number of nitrogens with one attached hydrogen (secondary N) is 1. The topological polar surface area (TPSA) is 75.7 Å². The average Bonchev–Trinajstić information content (AvgIpc) is 2.46. The molecule has 1 heterocycles. The largest absolute Gasteiger partial charge is 0.454 e. The maximum absolute atomic E-state index is 12.0. The molecule has 0 aromatic heterocycles. The van der Waals surface area contributed by atoms with E-state index in [0.29, 0.717) is 5.69 Å². The standard InChI is InChI=1S/C16H20N2O4S/c1-16(2,3)17-13(19)9-22-15(21)8-18-11-6-4-5-7-12(11)23-10-14(18)20/h4-7H,8-10H2,1-3H3,(H,17,19). The Kier molecular flexibility index (Phi) is 5.30. The number of carbonyl (C=O) groups excluding carboxylic acids is 3. The zero-order valence-electron chi connectivity index (χ0n) is 13.4. The molecule has 2 amide bonds. The van der Waals surface area contributed by atoms with Crippen molar-refractivity contribution in [2.75, 3.05) is 23.8 Å². The summed E-state index contributed by atoms with van der Waals surface area (Å²) >= 11 is 1.44. The highest BCUT2D eigenvalue weighted by Gasteiger charge is 2.27. The number of amides is 2. The molecule has 0 saturated heterocycles. The third kappa shape index (κ3) is 4.99. The van der Waals surface area contributed by atoms with E-state index < -0.39 is 5.97 Å². The number of ether oxygens (including phenoxy) is 1. The fraction of sp³-hybridized carbons (Fsp3) is 0.438. The maximum Gasteiger partial charge on any atom is 0.326 e. The highest BCUT2D eigenvalue weighted by molar-refractivity contribution is 8.00. The van der Waals surface area contributed by atoms with Crippen molar-refractivity contribution in [2.45, 2.75) is 31.2 Å². The minimum atomic E-state index is -0.607. The van der Waals surface area contributed by atoms with Gasteiger partial charge in [0.15, 0.2) is 6.61 Å². The molecule has 0 bridgehead atoms. The third-order valence-electron chi connectivity index (χ3n) is 2.97. The van der Waals surface area contributed by atoms with E-state index in [0.717, 1.165) is 4.90 Å². The molecule has 1 N–H and O–H groups in total. The zero-order chi connectivity index (χ0) is 17.0. The number of rotatable bonds is 4. The summed E-state index contributed by atoms with van der Waals surface area (Å²) in [5, 5.41) is 2.70. The third-order valence-corrected chi connectivity index (χ3v) is 4.02. The van der Waals surface area contributed by atoms with Crippen LogP contribution < -0.4 is 10.2 Å². The van der Waals surface area contributed by atoms with Crippen LogP contribution in [0.5, 0.6) is 0 Å². The highest BCUT2D eigenvalue weighted by Crippen LogP contribution is 2.34. The summed E-state index contributed by atoms with van der Waals surface area (Å²) in [4.78, 5) is 38.0. The van der Waals surface area contributed by atoms with Crippen molar-refractivity contribution in [1.82, 2.24) is 5.32 Å². The number of para-hydroxylation sites is 1. The molecule has 0 radical (unpaired) electrons. The minimum absolute atomic E-state index is 0.148. The number of carbonyl (C=O) groups is 3. The fourth-order valence-electron chi connectivity index (χ4n) is 2.10. The van der Waals surface area contributed by atoms with Crippen molar-refractivity contribution in [2.24, 2.45) is 0 Å². The Labute approximate surface area is 139 Å². The molecule has 0 fully saturated rings. The van der Waals surface area contributed by atoms with Crippen LogP contribution in [0.15, 0.2) is 29.2 Å². The summed E-state index contributed by atoms with van der Waals surface area (Å²) in [6, 6.07) is 7.39. The van der Waals surface area contributed by atoms with E-state index in [-0.39, 0.29) is 36.3 Å². The number of hydrogen-bond donors (Lipinski definition) is 1. The second-order valence-corrected chi connectivity index (χ2v) is 7.21. The van der Waals surface area contributed by atoms with Gasteiger partial charge < -0.3 is 10.1 Å². The Morgan fingerprint density at radius 2 is 2.00 bits per heavy atom. The van der Waals surface area contributed by atoms with Gasteiger partial charge in [-0.2, -0.15) is 0 Å². The van der Waals surface area contributed by atoms with Crippen LogP contribution in [0.3, 0.4) is 0 Å². The lowest BCUT2D eigenvalue weighted by molar-refractivity contribution is -0.148. The van der Waals surface area contributed by atoms with Gasteiger partial charge >= 0.3 is 5.97 Å². The monoisotopic (exact) mass is 336 g/mol. The molecule has 7 heteroatoms. The van der Waals surface area contributed by atoms with Gasteiger partial charge in [0.25, 0.3) is 5.91 Å². The van der Waals surface area contributed by atoms with Gasteiger partial charge in [0.2, 0.25) is 5.91 Å². The van der Waals surface area contributed by atoms with Crippen LogP contribution in [0.4, 0.5) is 5.69 Å². The minimum Gasteiger partial charge on any atom is -0.454 e. The number of thioether (sulfide) groups is 1. The number of nitrogens with zero attached hydrogens (tertiary/aromatic N) is 1. The van der Waals surface area contributed by atoms with Crippen molar-refractivity contribution in [3.8, 4) is 0 Å². The summed E-state index contributed by atoms with van der Waals surface area (Å²) in [5.74, 6) is -0.838. The first kappa shape index (κ1) is 17.3. The molecule has 2 rings (SSSR count). The highest BCUT2D eigenvalue weighted by atomic mass is 32.2. The SMILES string of the molecule is CC(C)(C)NC(=O)COC(=O)CN1C(=O)CSc2ccccc21. The van der Waals surface area contributed by atoms with Crippen molar-refractivity contribution in [3.05, 3.63) is 24.3 Å². The van der Waals surface area contributed by atoms with Crippen molar-refractivity contribution in [3.63, 3.8) is 0 Å². The van der Waals surface area contributed by atoms with E-state index >= 15 is 0 Å². The summed E-state index contributed by atoms with van der Waals surface area (Å²) < 4.78 is 4.96. The van der Waals surface area contributed by atoms with Gasteiger partial charge in [-0.15, -0.1) is 11.8 Å². The summed E-state index contributed by atoms with van der Waals surface area (Å²) in [6.45, 7) is 4.98. The van der Waals surface area contributed by atoms with E-state index in [1.807, 2.05) is 39.0 Å². The Hall–Kier alpha value is -2.02. The molecule has 23 heavy (non-hydrogen) atoms. The van der Waals surface area contributed by atoms with Gasteiger partial charge in [0, 0.05) is 10.4 Å². The molecule has 1 aromatic rings. The van der Waals surface area contributed by atoms with Crippen LogP contribution in [0, 0.1) is 0 Å². The van der Waals surface area contributed by atoms with Crippen LogP contribution in [0.25, 0.3) is 0 Å².